The molecular formula is C31H28O9. The van der Waals surface area contributed by atoms with E-state index in [-0.39, 0.29) is 73.0 Å². The van der Waals surface area contributed by atoms with Gasteiger partial charge in [0, 0.05) is 39.9 Å². The number of benzene rings is 4. The molecule has 0 fully saturated rings. The van der Waals surface area contributed by atoms with E-state index in [1.54, 1.807) is 26.8 Å². The number of hydrogen-bond acceptors (Lipinski definition) is 9. The van der Waals surface area contributed by atoms with Gasteiger partial charge >= 0.3 is 0 Å². The number of phenols is 6. The van der Waals surface area contributed by atoms with E-state index in [4.69, 9.17) is 4.74 Å². The summed E-state index contributed by atoms with van der Waals surface area (Å²) in [5, 5.41) is 66.2. The summed E-state index contributed by atoms with van der Waals surface area (Å²) in [5.74, 6) is -4.42. The van der Waals surface area contributed by atoms with Crippen molar-refractivity contribution in [1.82, 2.24) is 0 Å². The molecule has 1 aliphatic heterocycles. The lowest BCUT2D eigenvalue weighted by molar-refractivity contribution is 0.0726. The van der Waals surface area contributed by atoms with Crippen LogP contribution >= 0.6 is 0 Å². The fourth-order valence-corrected chi connectivity index (χ4v) is 6.15. The highest BCUT2D eigenvalue weighted by molar-refractivity contribution is 6.19. The first-order valence-electron chi connectivity index (χ1n) is 13.1. The Morgan fingerprint density at radius 2 is 1.12 bits per heavy atom. The van der Waals surface area contributed by atoms with Crippen molar-refractivity contribution in [2.45, 2.75) is 40.2 Å². The van der Waals surface area contributed by atoms with Crippen LogP contribution in [0.1, 0.15) is 54.0 Å². The zero-order valence-corrected chi connectivity index (χ0v) is 22.2. The second kappa shape index (κ2) is 8.42. The maximum absolute atomic E-state index is 13.1. The smallest absolute Gasteiger partial charge is 0.176 e. The highest BCUT2D eigenvalue weighted by Crippen LogP contribution is 2.55. The van der Waals surface area contributed by atoms with Crippen LogP contribution in [0.2, 0.25) is 0 Å². The molecule has 0 aromatic heterocycles. The van der Waals surface area contributed by atoms with Crippen molar-refractivity contribution in [2.75, 3.05) is 0 Å². The average molecular weight is 545 g/mol. The number of phenolic OH excluding ortho intramolecular Hbond substituents is 6. The van der Waals surface area contributed by atoms with Gasteiger partial charge in [-0.05, 0) is 37.0 Å². The normalized spacial score (nSPS) is 22.3. The molecule has 40 heavy (non-hydrogen) atoms. The lowest BCUT2D eigenvalue weighted by atomic mass is 9.75. The maximum Gasteiger partial charge on any atom is 0.176 e. The number of carbonyl (C=O) groups excluding carboxylic acids is 2. The highest BCUT2D eigenvalue weighted by Gasteiger charge is 2.37. The van der Waals surface area contributed by atoms with Crippen LogP contribution in [0.3, 0.4) is 0 Å². The Hall–Kier alpha value is -4.66. The quantitative estimate of drug-likeness (QED) is 0.181. The Balaban J connectivity index is 1.76. The van der Waals surface area contributed by atoms with Gasteiger partial charge < -0.3 is 35.4 Å². The average Bonchev–Trinajstić information content (AvgIpc) is 2.86. The second-order valence-electron chi connectivity index (χ2n) is 11.1. The van der Waals surface area contributed by atoms with Crippen LogP contribution in [0.15, 0.2) is 24.3 Å². The van der Waals surface area contributed by atoms with Crippen LogP contribution in [0.4, 0.5) is 0 Å². The number of Topliss-reactive ketones (excluding diaryl/α,β-unsaturated/α-hetero) is 2. The summed E-state index contributed by atoms with van der Waals surface area (Å²) in [6.45, 7) is 7.08. The number of rotatable bonds is 1. The molecule has 0 spiro atoms. The SMILES string of the molecule is C[C@H]1Cc2cc3c(-c4c(O)cc(O)c5c(O)c6c(cc45)O[C@H](C)[C@@H](C)C6=O)c(O)cc(O)c3c(O)c2C(=O)[C@@H]1C. The molecule has 2 aliphatic rings. The first-order valence-corrected chi connectivity index (χ1v) is 13.1. The van der Waals surface area contributed by atoms with Gasteiger partial charge in [-0.15, -0.1) is 0 Å². The van der Waals surface area contributed by atoms with Gasteiger partial charge in [0.05, 0.1) is 22.3 Å². The topological polar surface area (TPSA) is 165 Å². The van der Waals surface area contributed by atoms with Crippen LogP contribution in [0.25, 0.3) is 32.7 Å². The summed E-state index contributed by atoms with van der Waals surface area (Å²) in [5.41, 5.74) is 0.463. The molecule has 0 bridgehead atoms. The molecule has 6 N–H and O–H groups in total. The molecule has 0 amide bonds. The third-order valence-corrected chi connectivity index (χ3v) is 8.74. The lowest BCUT2D eigenvalue weighted by Crippen LogP contribution is -2.33. The minimum absolute atomic E-state index is 0.0185. The Bertz CT molecular complexity index is 1690. The fraction of sp³-hybridized carbons (Fsp3) is 0.290. The molecule has 1 heterocycles. The summed E-state index contributed by atoms with van der Waals surface area (Å²) in [6.07, 6.45) is -0.0657. The molecule has 0 saturated carbocycles. The van der Waals surface area contributed by atoms with E-state index < -0.39 is 46.5 Å². The minimum Gasteiger partial charge on any atom is -0.507 e. The fourth-order valence-electron chi connectivity index (χ4n) is 6.15. The van der Waals surface area contributed by atoms with E-state index in [1.807, 2.05) is 6.92 Å². The first kappa shape index (κ1) is 25.6. The number of carbonyl (C=O) groups is 2. The Labute approximate surface area is 228 Å². The van der Waals surface area contributed by atoms with Gasteiger partial charge in [-0.1, -0.05) is 20.8 Å². The Morgan fingerprint density at radius 1 is 0.625 bits per heavy atom. The number of ketones is 2. The van der Waals surface area contributed by atoms with Crippen molar-refractivity contribution in [1.29, 1.82) is 0 Å². The van der Waals surface area contributed by atoms with Crippen LogP contribution < -0.4 is 4.74 Å². The molecular weight excluding hydrogens is 516 g/mol. The van der Waals surface area contributed by atoms with Gasteiger partial charge in [-0.3, -0.25) is 9.59 Å². The monoisotopic (exact) mass is 544 g/mol. The molecule has 0 radical (unpaired) electrons. The number of aromatic hydroxyl groups is 6. The zero-order valence-electron chi connectivity index (χ0n) is 22.2. The summed E-state index contributed by atoms with van der Waals surface area (Å²) in [7, 11) is 0. The number of ether oxygens (including phenoxy) is 1. The summed E-state index contributed by atoms with van der Waals surface area (Å²) >= 11 is 0. The third-order valence-electron chi connectivity index (χ3n) is 8.74. The van der Waals surface area contributed by atoms with Gasteiger partial charge in [0.1, 0.15) is 51.9 Å². The standard InChI is InChI=1S/C31H28O9/c1-10-5-14-6-15-23(17(32)8-19(34)25(15)30(38)22(14)28(36)11(10)2)24-16-7-21-27(29(37)12(3)13(4)40-21)31(39)26(16)20(35)9-18(24)33/h6-13,32-35,38-39H,5H2,1-4H3/t10-,11+,12+,13+/m0/s1. The molecule has 9 nitrogen and oxygen atoms in total. The molecule has 4 aromatic carbocycles. The Kier molecular flexibility index (Phi) is 5.39. The van der Waals surface area contributed by atoms with E-state index in [9.17, 15) is 40.2 Å². The van der Waals surface area contributed by atoms with E-state index in [2.05, 4.69) is 0 Å². The molecule has 4 aromatic rings. The van der Waals surface area contributed by atoms with Crippen molar-refractivity contribution < 1.29 is 45.0 Å². The van der Waals surface area contributed by atoms with Gasteiger partial charge in [-0.25, -0.2) is 0 Å². The molecule has 9 heteroatoms. The number of fused-ring (bicyclic) bond motifs is 4. The molecule has 4 atom stereocenters. The number of hydrogen-bond donors (Lipinski definition) is 6. The predicted molar refractivity (Wildman–Crippen MR) is 147 cm³/mol. The highest BCUT2D eigenvalue weighted by atomic mass is 16.5. The van der Waals surface area contributed by atoms with Gasteiger partial charge in [0.25, 0.3) is 0 Å². The molecule has 6 rings (SSSR count). The summed E-state index contributed by atoms with van der Waals surface area (Å²) < 4.78 is 5.91. The third kappa shape index (κ3) is 3.27. The van der Waals surface area contributed by atoms with Crippen LogP contribution in [0.5, 0.6) is 40.2 Å². The van der Waals surface area contributed by atoms with E-state index in [1.165, 1.54) is 6.07 Å². The molecule has 206 valence electrons. The van der Waals surface area contributed by atoms with Gasteiger partial charge in [0.15, 0.2) is 11.6 Å². The molecule has 1 aliphatic carbocycles. The summed E-state index contributed by atoms with van der Waals surface area (Å²) in [4.78, 5) is 26.2. The van der Waals surface area contributed by atoms with Crippen LogP contribution in [-0.4, -0.2) is 48.3 Å². The van der Waals surface area contributed by atoms with Crippen molar-refractivity contribution in [2.24, 2.45) is 17.8 Å². The van der Waals surface area contributed by atoms with E-state index in [0.29, 0.717) is 12.0 Å². The Morgan fingerprint density at radius 3 is 1.70 bits per heavy atom. The lowest BCUT2D eigenvalue weighted by Gasteiger charge is -2.29. The minimum atomic E-state index is -0.554. The van der Waals surface area contributed by atoms with Crippen molar-refractivity contribution >= 4 is 33.1 Å². The first-order chi connectivity index (χ1) is 18.8. The van der Waals surface area contributed by atoms with Crippen molar-refractivity contribution in [3.8, 4) is 51.4 Å². The largest absolute Gasteiger partial charge is 0.507 e. The van der Waals surface area contributed by atoms with Gasteiger partial charge in [-0.2, -0.15) is 0 Å². The molecule has 0 saturated heterocycles. The molecule has 0 unspecified atom stereocenters. The zero-order chi connectivity index (χ0) is 28.9. The van der Waals surface area contributed by atoms with Crippen molar-refractivity contribution in [3.05, 3.63) is 41.0 Å². The van der Waals surface area contributed by atoms with Gasteiger partial charge in [0.2, 0.25) is 0 Å². The van der Waals surface area contributed by atoms with E-state index in [0.717, 1.165) is 12.1 Å². The summed E-state index contributed by atoms with van der Waals surface area (Å²) in [6, 6.07) is 4.97. The van der Waals surface area contributed by atoms with Crippen LogP contribution in [-0.2, 0) is 6.42 Å². The van der Waals surface area contributed by atoms with E-state index >= 15 is 0 Å². The van der Waals surface area contributed by atoms with Crippen LogP contribution in [0, 0.1) is 17.8 Å². The second-order valence-corrected chi connectivity index (χ2v) is 11.1. The maximum atomic E-state index is 13.1. The van der Waals surface area contributed by atoms with Crippen molar-refractivity contribution in [3.63, 3.8) is 0 Å². The predicted octanol–water partition coefficient (Wildman–Crippen LogP) is 5.50.